The molecule has 0 aliphatic heterocycles. The van der Waals surface area contributed by atoms with Crippen LogP contribution >= 0.6 is 38.9 Å². The van der Waals surface area contributed by atoms with Gasteiger partial charge in [-0.25, -0.2) is 0 Å². The molecule has 1 nitrogen and oxygen atoms in total. The molecule has 0 saturated heterocycles. The highest BCUT2D eigenvalue weighted by Crippen LogP contribution is 2.33. The Hall–Kier alpha value is 0.170. The van der Waals surface area contributed by atoms with Gasteiger partial charge in [0.25, 0.3) is 0 Å². The van der Waals surface area contributed by atoms with Gasteiger partial charge in [0.2, 0.25) is 0 Å². The lowest BCUT2D eigenvalue weighted by Crippen LogP contribution is -2.21. The summed E-state index contributed by atoms with van der Waals surface area (Å²) in [7, 11) is 0. The zero-order valence-electron chi connectivity index (χ0n) is 10.1. The summed E-state index contributed by atoms with van der Waals surface area (Å²) in [5, 5.41) is 3.57. The van der Waals surface area contributed by atoms with Crippen molar-refractivity contribution < 1.29 is 0 Å². The average molecular weight is 335 g/mol. The summed E-state index contributed by atoms with van der Waals surface area (Å²) in [6.45, 7) is 5.48. The number of thiophene rings is 1. The molecule has 0 bridgehead atoms. The van der Waals surface area contributed by atoms with E-state index in [0.717, 1.165) is 21.4 Å². The fourth-order valence-electron chi connectivity index (χ4n) is 1.59. The van der Waals surface area contributed by atoms with Crippen LogP contribution in [-0.4, -0.2) is 12.6 Å². The fourth-order valence-corrected chi connectivity index (χ4v) is 3.30. The Kier molecular flexibility index (Phi) is 4.70. The van der Waals surface area contributed by atoms with Crippen molar-refractivity contribution in [3.05, 3.63) is 25.3 Å². The molecule has 94 valence electrons. The normalized spacial score (nSPS) is 16.9. The fraction of sp³-hybridized carbons (Fsp3) is 0.538. The van der Waals surface area contributed by atoms with E-state index in [9.17, 15) is 0 Å². The highest BCUT2D eigenvalue weighted by atomic mass is 79.9. The summed E-state index contributed by atoms with van der Waals surface area (Å²) in [6.07, 6.45) is 4.94. The zero-order valence-corrected chi connectivity index (χ0v) is 13.3. The van der Waals surface area contributed by atoms with Crippen LogP contribution in [0, 0.1) is 5.92 Å². The lowest BCUT2D eigenvalue weighted by molar-refractivity contribution is 0.663. The minimum atomic E-state index is 0.570. The topological polar surface area (TPSA) is 12.0 Å². The molecule has 1 aliphatic rings. The number of hydrogen-bond acceptors (Lipinski definition) is 2. The molecule has 1 fully saturated rings. The van der Waals surface area contributed by atoms with Crippen LogP contribution in [0.2, 0.25) is 4.34 Å². The summed E-state index contributed by atoms with van der Waals surface area (Å²) < 4.78 is 1.82. The van der Waals surface area contributed by atoms with E-state index in [1.165, 1.54) is 23.3 Å². The van der Waals surface area contributed by atoms with Gasteiger partial charge in [0.1, 0.15) is 4.34 Å². The summed E-state index contributed by atoms with van der Waals surface area (Å²) in [5.74, 6) is 0.570. The smallest absolute Gasteiger partial charge is 0.108 e. The first-order valence-corrected chi connectivity index (χ1v) is 7.93. The quantitative estimate of drug-likeness (QED) is 0.803. The van der Waals surface area contributed by atoms with Crippen LogP contribution in [0.25, 0.3) is 6.08 Å². The van der Waals surface area contributed by atoms with Gasteiger partial charge < -0.3 is 5.32 Å². The van der Waals surface area contributed by atoms with Gasteiger partial charge in [-0.3, -0.25) is 0 Å². The van der Waals surface area contributed by atoms with Gasteiger partial charge in [-0.05, 0) is 46.8 Å². The van der Waals surface area contributed by atoms with Gasteiger partial charge in [0.15, 0.2) is 0 Å². The molecule has 1 N–H and O–H groups in total. The molecule has 1 aliphatic carbocycles. The van der Waals surface area contributed by atoms with Crippen LogP contribution in [0.1, 0.15) is 31.6 Å². The third-order valence-corrected chi connectivity index (χ3v) is 5.33. The van der Waals surface area contributed by atoms with Crippen molar-refractivity contribution in [3.8, 4) is 0 Å². The van der Waals surface area contributed by atoms with Gasteiger partial charge in [-0.15, -0.1) is 11.3 Å². The van der Waals surface area contributed by atoms with E-state index < -0.39 is 0 Å². The van der Waals surface area contributed by atoms with Crippen LogP contribution in [0.4, 0.5) is 0 Å². The van der Waals surface area contributed by atoms with E-state index in [1.807, 2.05) is 0 Å². The van der Waals surface area contributed by atoms with Crippen molar-refractivity contribution in [2.24, 2.45) is 5.92 Å². The maximum absolute atomic E-state index is 6.06. The number of rotatable bonds is 5. The van der Waals surface area contributed by atoms with Crippen molar-refractivity contribution in [2.75, 3.05) is 6.54 Å². The van der Waals surface area contributed by atoms with E-state index in [2.05, 4.69) is 47.2 Å². The molecule has 17 heavy (non-hydrogen) atoms. The molecule has 1 saturated carbocycles. The molecule has 0 atom stereocenters. The Morgan fingerprint density at radius 2 is 2.35 bits per heavy atom. The van der Waals surface area contributed by atoms with E-state index in [1.54, 1.807) is 11.3 Å². The van der Waals surface area contributed by atoms with Crippen LogP contribution in [0.15, 0.2) is 16.1 Å². The summed E-state index contributed by atoms with van der Waals surface area (Å²) >= 11 is 11.1. The standard InChI is InChI=1S/C13H17BrClNS/c1-8(2)9(7-16-10-3-4-10)5-11-6-12(14)13(15)17-11/h5-6,8,10,16H,3-4,7H2,1-2H3. The lowest BCUT2D eigenvalue weighted by Gasteiger charge is -2.12. The van der Waals surface area contributed by atoms with Gasteiger partial charge in [0.05, 0.1) is 0 Å². The van der Waals surface area contributed by atoms with Crippen molar-refractivity contribution in [1.29, 1.82) is 0 Å². The van der Waals surface area contributed by atoms with Crippen LogP contribution in [0.5, 0.6) is 0 Å². The highest BCUT2D eigenvalue weighted by molar-refractivity contribution is 9.10. The molecular weight excluding hydrogens is 318 g/mol. The lowest BCUT2D eigenvalue weighted by atomic mass is 10.0. The first kappa shape index (κ1) is 13.6. The minimum Gasteiger partial charge on any atom is -0.310 e. The molecule has 0 radical (unpaired) electrons. The second-order valence-corrected chi connectivity index (χ2v) is 7.34. The number of halogens is 2. The van der Waals surface area contributed by atoms with Crippen LogP contribution < -0.4 is 5.32 Å². The van der Waals surface area contributed by atoms with Crippen molar-refractivity contribution in [3.63, 3.8) is 0 Å². The number of hydrogen-bond donors (Lipinski definition) is 1. The average Bonchev–Trinajstić information content (AvgIpc) is 3.01. The first-order valence-electron chi connectivity index (χ1n) is 5.95. The van der Waals surface area contributed by atoms with E-state index in [0.29, 0.717) is 5.92 Å². The molecule has 1 aromatic heterocycles. The summed E-state index contributed by atoms with van der Waals surface area (Å²) in [6, 6.07) is 2.85. The first-order chi connectivity index (χ1) is 8.06. The van der Waals surface area contributed by atoms with Gasteiger partial charge in [-0.1, -0.05) is 31.0 Å². The second kappa shape index (κ2) is 5.87. The van der Waals surface area contributed by atoms with Crippen LogP contribution in [-0.2, 0) is 0 Å². The minimum absolute atomic E-state index is 0.570. The zero-order chi connectivity index (χ0) is 12.4. The Balaban J connectivity index is 2.07. The van der Waals surface area contributed by atoms with E-state index >= 15 is 0 Å². The summed E-state index contributed by atoms with van der Waals surface area (Å²) in [4.78, 5) is 1.23. The Bertz CT molecular complexity index is 402. The monoisotopic (exact) mass is 333 g/mol. The molecule has 1 heterocycles. The highest BCUT2D eigenvalue weighted by Gasteiger charge is 2.20. The predicted octanol–water partition coefficient (Wildman–Crippen LogP) is 4.96. The third-order valence-electron chi connectivity index (χ3n) is 2.91. The largest absolute Gasteiger partial charge is 0.310 e. The Labute approximate surface area is 120 Å². The van der Waals surface area contributed by atoms with Gasteiger partial charge >= 0.3 is 0 Å². The Morgan fingerprint density at radius 3 is 2.82 bits per heavy atom. The second-order valence-electron chi connectivity index (χ2n) is 4.80. The SMILES string of the molecule is CC(C)C(=Cc1cc(Br)c(Cl)s1)CNC1CC1. The van der Waals surface area contributed by atoms with Crippen molar-refractivity contribution >= 4 is 44.9 Å². The molecule has 0 aromatic carbocycles. The van der Waals surface area contributed by atoms with E-state index in [-0.39, 0.29) is 0 Å². The van der Waals surface area contributed by atoms with E-state index in [4.69, 9.17) is 11.6 Å². The van der Waals surface area contributed by atoms with Crippen LogP contribution in [0.3, 0.4) is 0 Å². The Morgan fingerprint density at radius 1 is 1.65 bits per heavy atom. The molecule has 4 heteroatoms. The maximum atomic E-state index is 6.06. The van der Waals surface area contributed by atoms with Crippen molar-refractivity contribution in [2.45, 2.75) is 32.7 Å². The maximum Gasteiger partial charge on any atom is 0.108 e. The predicted molar refractivity (Wildman–Crippen MR) is 80.9 cm³/mol. The third kappa shape index (κ3) is 4.09. The van der Waals surface area contributed by atoms with Gasteiger partial charge in [-0.2, -0.15) is 0 Å². The molecule has 1 aromatic rings. The molecule has 2 rings (SSSR count). The molecule has 0 unspecified atom stereocenters. The van der Waals surface area contributed by atoms with Crippen molar-refractivity contribution in [1.82, 2.24) is 5.32 Å². The molecule has 0 spiro atoms. The molecular formula is C13H17BrClNS. The van der Waals surface area contributed by atoms with Gasteiger partial charge in [0, 0.05) is 21.9 Å². The number of nitrogens with one attached hydrogen (secondary N) is 1. The molecule has 0 amide bonds. The summed E-state index contributed by atoms with van der Waals surface area (Å²) in [5.41, 5.74) is 1.45.